The number of nitrogens with one attached hydrogen (secondary N) is 1. The van der Waals surface area contributed by atoms with E-state index in [2.05, 4.69) is 15.1 Å². The average molecular weight is 396 g/mol. The fraction of sp³-hybridized carbons (Fsp3) is 0.100. The highest BCUT2D eigenvalue weighted by Crippen LogP contribution is 2.31. The number of benzene rings is 1. The third-order valence-electron chi connectivity index (χ3n) is 4.68. The highest BCUT2D eigenvalue weighted by molar-refractivity contribution is 6.17. The van der Waals surface area contributed by atoms with Gasteiger partial charge in [0.1, 0.15) is 23.0 Å². The predicted octanol–water partition coefficient (Wildman–Crippen LogP) is 3.44. The summed E-state index contributed by atoms with van der Waals surface area (Å²) < 4.78 is 34.1. The molecule has 29 heavy (non-hydrogen) atoms. The maximum absolute atomic E-state index is 14.6. The SMILES string of the molecule is Cc1noc(C)c1-c1cnc2[nH]cc(C(=O)c3c(F)ccc(C(N)=O)c3F)c2c1. The van der Waals surface area contributed by atoms with Gasteiger partial charge in [0.2, 0.25) is 5.78 Å². The minimum absolute atomic E-state index is 0.000491. The molecule has 9 heteroatoms. The van der Waals surface area contributed by atoms with Gasteiger partial charge in [-0.05, 0) is 32.0 Å². The minimum Gasteiger partial charge on any atom is -0.366 e. The van der Waals surface area contributed by atoms with E-state index in [1.807, 2.05) is 0 Å². The molecule has 0 fully saturated rings. The molecule has 0 saturated carbocycles. The number of aryl methyl sites for hydroxylation is 2. The van der Waals surface area contributed by atoms with Gasteiger partial charge in [-0.25, -0.2) is 13.8 Å². The van der Waals surface area contributed by atoms with Crippen LogP contribution in [0.4, 0.5) is 8.78 Å². The fourth-order valence-corrected chi connectivity index (χ4v) is 3.31. The van der Waals surface area contributed by atoms with Crippen LogP contribution in [0, 0.1) is 25.5 Å². The zero-order valence-corrected chi connectivity index (χ0v) is 15.3. The van der Waals surface area contributed by atoms with E-state index in [4.69, 9.17) is 10.3 Å². The van der Waals surface area contributed by atoms with Gasteiger partial charge in [0.05, 0.1) is 16.8 Å². The number of hydrogen-bond acceptors (Lipinski definition) is 5. The second kappa shape index (κ2) is 6.62. The Morgan fingerprint density at radius 1 is 1.17 bits per heavy atom. The van der Waals surface area contributed by atoms with Crippen LogP contribution in [0.2, 0.25) is 0 Å². The largest absolute Gasteiger partial charge is 0.366 e. The Kier molecular flexibility index (Phi) is 4.22. The molecule has 3 N–H and O–H groups in total. The van der Waals surface area contributed by atoms with E-state index in [1.54, 1.807) is 26.1 Å². The lowest BCUT2D eigenvalue weighted by Gasteiger charge is -2.07. The topological polar surface area (TPSA) is 115 Å². The highest BCUT2D eigenvalue weighted by Gasteiger charge is 2.26. The van der Waals surface area contributed by atoms with Crippen LogP contribution in [-0.2, 0) is 0 Å². The summed E-state index contributed by atoms with van der Waals surface area (Å²) in [6.45, 7) is 3.50. The third kappa shape index (κ3) is 2.87. The van der Waals surface area contributed by atoms with Crippen LogP contribution in [0.5, 0.6) is 0 Å². The molecule has 0 aliphatic carbocycles. The summed E-state index contributed by atoms with van der Waals surface area (Å²) in [5.41, 5.74) is 6.02. The maximum atomic E-state index is 14.6. The van der Waals surface area contributed by atoms with Crippen LogP contribution in [-0.4, -0.2) is 26.8 Å². The molecule has 4 aromatic rings. The number of halogens is 2. The van der Waals surface area contributed by atoms with Gasteiger partial charge >= 0.3 is 0 Å². The number of carbonyl (C=O) groups excluding carboxylic acids is 2. The van der Waals surface area contributed by atoms with Gasteiger partial charge in [-0.3, -0.25) is 9.59 Å². The summed E-state index contributed by atoms with van der Waals surface area (Å²) >= 11 is 0. The second-order valence-electron chi connectivity index (χ2n) is 6.50. The molecule has 4 rings (SSSR count). The van der Waals surface area contributed by atoms with Crippen molar-refractivity contribution in [3.05, 3.63) is 70.4 Å². The first kappa shape index (κ1) is 18.5. The lowest BCUT2D eigenvalue weighted by Crippen LogP contribution is -2.17. The molecule has 0 spiro atoms. The van der Waals surface area contributed by atoms with Crippen molar-refractivity contribution in [3.63, 3.8) is 0 Å². The number of nitrogens with zero attached hydrogens (tertiary/aromatic N) is 2. The first-order valence-electron chi connectivity index (χ1n) is 8.52. The Bertz CT molecular complexity index is 1290. The molecule has 1 amide bonds. The highest BCUT2D eigenvalue weighted by atomic mass is 19.1. The van der Waals surface area contributed by atoms with E-state index < -0.39 is 34.5 Å². The summed E-state index contributed by atoms with van der Waals surface area (Å²) in [7, 11) is 0. The molecule has 146 valence electrons. The number of aromatic nitrogens is 3. The van der Waals surface area contributed by atoms with Gasteiger partial charge in [0, 0.05) is 34.5 Å². The number of amides is 1. The van der Waals surface area contributed by atoms with Crippen LogP contribution in [0.3, 0.4) is 0 Å². The van der Waals surface area contributed by atoms with Gasteiger partial charge < -0.3 is 15.2 Å². The predicted molar refractivity (Wildman–Crippen MR) is 99.4 cm³/mol. The number of nitrogens with two attached hydrogens (primary N) is 1. The standard InChI is InChI=1S/C20H14F2N4O3/c1-8-15(9(2)29-26-8)10-5-12-13(7-25-20(12)24-6-10)18(27)16-14(21)4-3-11(17(16)22)19(23)28/h3-7H,1-2H3,(H2,23,28)(H,24,25). The zero-order valence-electron chi connectivity index (χ0n) is 15.3. The third-order valence-corrected chi connectivity index (χ3v) is 4.68. The summed E-state index contributed by atoms with van der Waals surface area (Å²) in [5, 5.41) is 4.25. The van der Waals surface area contributed by atoms with Crippen molar-refractivity contribution < 1.29 is 22.9 Å². The van der Waals surface area contributed by atoms with Crippen LogP contribution in [0.25, 0.3) is 22.2 Å². The molecule has 0 radical (unpaired) electrons. The van der Waals surface area contributed by atoms with E-state index >= 15 is 0 Å². The van der Waals surface area contributed by atoms with E-state index in [0.717, 1.165) is 12.1 Å². The average Bonchev–Trinajstić information content (AvgIpc) is 3.23. The quantitative estimate of drug-likeness (QED) is 0.513. The smallest absolute Gasteiger partial charge is 0.251 e. The summed E-state index contributed by atoms with van der Waals surface area (Å²) in [4.78, 5) is 31.4. The van der Waals surface area contributed by atoms with Gasteiger partial charge in [-0.15, -0.1) is 0 Å². The lowest BCUT2D eigenvalue weighted by molar-refractivity contribution is 0.0996. The Hall–Kier alpha value is -3.88. The monoisotopic (exact) mass is 396 g/mol. The molecule has 0 bridgehead atoms. The number of rotatable bonds is 4. The van der Waals surface area contributed by atoms with Crippen LogP contribution in [0.15, 0.2) is 35.1 Å². The Morgan fingerprint density at radius 2 is 1.93 bits per heavy atom. The number of hydrogen-bond donors (Lipinski definition) is 2. The van der Waals surface area contributed by atoms with E-state index in [9.17, 15) is 18.4 Å². The van der Waals surface area contributed by atoms with Gasteiger partial charge in [0.25, 0.3) is 5.91 Å². The molecule has 0 aliphatic rings. The van der Waals surface area contributed by atoms with Crippen molar-refractivity contribution in [3.8, 4) is 11.1 Å². The number of aromatic amines is 1. The maximum Gasteiger partial charge on any atom is 0.251 e. The van der Waals surface area contributed by atoms with Crippen molar-refractivity contribution in [1.82, 2.24) is 15.1 Å². The Labute approximate surface area is 162 Å². The number of carbonyl (C=O) groups is 2. The first-order chi connectivity index (χ1) is 13.8. The molecule has 0 aliphatic heterocycles. The van der Waals surface area contributed by atoms with E-state index in [1.165, 1.54) is 6.20 Å². The summed E-state index contributed by atoms with van der Waals surface area (Å²) in [5.74, 6) is -3.86. The van der Waals surface area contributed by atoms with E-state index in [0.29, 0.717) is 33.6 Å². The van der Waals surface area contributed by atoms with Crippen molar-refractivity contribution in [2.75, 3.05) is 0 Å². The molecule has 7 nitrogen and oxygen atoms in total. The number of ketones is 1. The molecule has 0 saturated heterocycles. The number of fused-ring (bicyclic) bond motifs is 1. The second-order valence-corrected chi connectivity index (χ2v) is 6.50. The summed E-state index contributed by atoms with van der Waals surface area (Å²) in [6, 6.07) is 3.39. The van der Waals surface area contributed by atoms with Crippen molar-refractivity contribution >= 4 is 22.7 Å². The minimum atomic E-state index is -1.30. The number of H-pyrrole nitrogens is 1. The zero-order chi connectivity index (χ0) is 20.9. The van der Waals surface area contributed by atoms with Crippen LogP contribution in [0.1, 0.15) is 37.7 Å². The Balaban J connectivity index is 1.90. The van der Waals surface area contributed by atoms with Gasteiger partial charge in [-0.1, -0.05) is 5.16 Å². The lowest BCUT2D eigenvalue weighted by atomic mass is 9.98. The molecule has 3 aromatic heterocycles. The van der Waals surface area contributed by atoms with Crippen molar-refractivity contribution in [2.45, 2.75) is 13.8 Å². The van der Waals surface area contributed by atoms with Crippen LogP contribution >= 0.6 is 0 Å². The fourth-order valence-electron chi connectivity index (χ4n) is 3.31. The number of primary amides is 1. The molecule has 0 unspecified atom stereocenters. The van der Waals surface area contributed by atoms with Gasteiger partial charge in [0.15, 0.2) is 0 Å². The molecular weight excluding hydrogens is 382 g/mol. The van der Waals surface area contributed by atoms with Crippen molar-refractivity contribution in [1.29, 1.82) is 0 Å². The summed E-state index contributed by atoms with van der Waals surface area (Å²) in [6.07, 6.45) is 2.89. The van der Waals surface area contributed by atoms with Crippen LogP contribution < -0.4 is 5.73 Å². The molecule has 0 atom stereocenters. The van der Waals surface area contributed by atoms with Crippen molar-refractivity contribution in [2.24, 2.45) is 5.73 Å². The Morgan fingerprint density at radius 3 is 2.59 bits per heavy atom. The normalized spacial score (nSPS) is 11.2. The number of pyridine rings is 1. The molecular formula is C20H14F2N4O3. The molecule has 1 aromatic carbocycles. The first-order valence-corrected chi connectivity index (χ1v) is 8.52. The molecule has 3 heterocycles. The van der Waals surface area contributed by atoms with Gasteiger partial charge in [-0.2, -0.15) is 0 Å². The van der Waals surface area contributed by atoms with E-state index in [-0.39, 0.29) is 5.56 Å².